The Kier molecular flexibility index (Phi) is 41.6. The summed E-state index contributed by atoms with van der Waals surface area (Å²) in [5.74, 6) is 11.3. The fourth-order valence-electron chi connectivity index (χ4n) is 5.23. The molecule has 0 heterocycles. The third-order valence-electron chi connectivity index (χ3n) is 13.2. The quantitative estimate of drug-likeness (QED) is 0.0434. The van der Waals surface area contributed by atoms with Crippen LogP contribution in [0.15, 0.2) is 81.7 Å². The molecular formula is C63H97Br3Cl4O7Si3. The first-order valence-electron chi connectivity index (χ1n) is 27.5. The van der Waals surface area contributed by atoms with E-state index in [0.717, 1.165) is 63.3 Å². The highest BCUT2D eigenvalue weighted by molar-refractivity contribution is 9.11. The second-order valence-electron chi connectivity index (χ2n) is 22.9. The largest absolute Gasteiger partial charge is 0.507 e. The van der Waals surface area contributed by atoms with Crippen LogP contribution in [0.25, 0.3) is 0 Å². The van der Waals surface area contributed by atoms with Crippen molar-refractivity contribution in [3.05, 3.63) is 113 Å². The Hall–Kier alpha value is -1.67. The number of hydrogen-bond donors (Lipinski definition) is 1. The molecule has 0 saturated carbocycles. The van der Waals surface area contributed by atoms with E-state index in [0.29, 0.717) is 59.2 Å². The van der Waals surface area contributed by atoms with E-state index in [9.17, 15) is 0 Å². The Morgan fingerprint density at radius 3 is 1.24 bits per heavy atom. The van der Waals surface area contributed by atoms with Crippen LogP contribution in [-0.4, -0.2) is 75.0 Å². The first kappa shape index (κ1) is 80.4. The van der Waals surface area contributed by atoms with E-state index in [4.69, 9.17) is 85.4 Å². The Morgan fingerprint density at radius 2 is 0.875 bits per heavy atom. The van der Waals surface area contributed by atoms with Crippen molar-refractivity contribution in [2.45, 2.75) is 183 Å². The van der Waals surface area contributed by atoms with Crippen LogP contribution in [0.3, 0.4) is 0 Å². The van der Waals surface area contributed by atoms with Crippen LogP contribution in [0.4, 0.5) is 0 Å². The first-order valence-corrected chi connectivity index (χ1v) is 40.4. The second kappa shape index (κ2) is 41.4. The molecule has 0 aliphatic rings. The molecule has 80 heavy (non-hydrogen) atoms. The fourth-order valence-corrected chi connectivity index (χ4v) is 10.2. The van der Waals surface area contributed by atoms with Gasteiger partial charge in [0, 0.05) is 38.3 Å². The van der Waals surface area contributed by atoms with E-state index in [2.05, 4.69) is 181 Å². The van der Waals surface area contributed by atoms with Gasteiger partial charge in [0.2, 0.25) is 0 Å². The maximum Gasteiger partial charge on any atom is 0.192 e. The number of rotatable bonds is 19. The molecule has 452 valence electrons. The van der Waals surface area contributed by atoms with Crippen molar-refractivity contribution >= 4 is 119 Å². The van der Waals surface area contributed by atoms with Crippen LogP contribution < -0.4 is 14.2 Å². The minimum atomic E-state index is -1.72. The van der Waals surface area contributed by atoms with Crippen molar-refractivity contribution in [2.24, 2.45) is 0 Å². The Morgan fingerprint density at radius 1 is 0.512 bits per heavy atom. The number of aryl methyl sites for hydroxylation is 1. The molecule has 0 fully saturated rings. The Balaban J connectivity index is 0. The number of ether oxygens (including phenoxy) is 3. The van der Waals surface area contributed by atoms with Crippen LogP contribution in [-0.2, 0) is 19.7 Å². The first-order chi connectivity index (χ1) is 37.0. The topological polar surface area (TPSA) is 75.6 Å². The summed E-state index contributed by atoms with van der Waals surface area (Å²) in [6.07, 6.45) is 11.0. The number of hydrogen-bond acceptors (Lipinski definition) is 7. The maximum absolute atomic E-state index is 8.94. The van der Waals surface area contributed by atoms with Gasteiger partial charge >= 0.3 is 0 Å². The van der Waals surface area contributed by atoms with Crippen molar-refractivity contribution in [1.29, 1.82) is 0 Å². The molecule has 0 bridgehead atoms. The number of aromatic hydroxyl groups is 1. The number of unbranched alkanes of at least 4 members (excludes halogenated alkanes) is 1. The Labute approximate surface area is 535 Å². The summed E-state index contributed by atoms with van der Waals surface area (Å²) in [5.41, 5.74) is 2.03. The van der Waals surface area contributed by atoms with Gasteiger partial charge in [-0.05, 0) is 184 Å². The lowest BCUT2D eigenvalue weighted by Gasteiger charge is -2.36. The van der Waals surface area contributed by atoms with Crippen molar-refractivity contribution in [1.82, 2.24) is 0 Å². The van der Waals surface area contributed by atoms with Gasteiger partial charge in [-0.1, -0.05) is 171 Å². The van der Waals surface area contributed by atoms with Gasteiger partial charge in [-0.25, -0.2) is 0 Å². The molecule has 0 saturated heterocycles. The van der Waals surface area contributed by atoms with Crippen molar-refractivity contribution in [3.63, 3.8) is 0 Å². The molecule has 0 unspecified atom stereocenters. The normalized spacial score (nSPS) is 11.4. The van der Waals surface area contributed by atoms with E-state index in [1.165, 1.54) is 24.5 Å². The van der Waals surface area contributed by atoms with Crippen molar-refractivity contribution < 1.29 is 32.6 Å². The van der Waals surface area contributed by atoms with Gasteiger partial charge in [-0.15, -0.1) is 12.3 Å². The van der Waals surface area contributed by atoms with Crippen LogP contribution in [0, 0.1) is 24.2 Å². The standard InChI is InChI=1S/C18H31ClO2Si.C18H27ClO2Si.C14H22BrClO2Si.C6H4BrClO.C4H6.C3H7Br/c2*1-7-8-9-15-14-16(19)10-11-17(15)20-12-13-21-22(5,6)18(2,3)4;1-14(2,3)19(4,5)18-9-8-17-13-7-6-11(16)10-12(13)15;7-5-3-4(8)1-2-6(5)9;1-3-4-2;1-2-3-4/h10-11,14H,7-9,12-13H2,1-6H3;10-11,14H,7,12-13H2,1-6H3;6-7,10H,8-9H2,1-5H3;1-3,9H;1H,4H2,2H3;2-3H2,1H3. The zero-order valence-corrected chi connectivity index (χ0v) is 62.5. The molecule has 0 aliphatic heterocycles. The number of terminal acetylenes is 1. The van der Waals surface area contributed by atoms with Gasteiger partial charge in [-0.2, -0.15) is 0 Å². The van der Waals surface area contributed by atoms with Crippen LogP contribution >= 0.6 is 94.2 Å². The molecule has 4 rings (SSSR count). The lowest BCUT2D eigenvalue weighted by molar-refractivity contribution is 0.202. The third kappa shape index (κ3) is 34.9. The van der Waals surface area contributed by atoms with E-state index in [-0.39, 0.29) is 20.9 Å². The van der Waals surface area contributed by atoms with E-state index < -0.39 is 25.0 Å². The lowest BCUT2D eigenvalue weighted by atomic mass is 10.1. The molecule has 0 radical (unpaired) electrons. The average Bonchev–Trinajstić information content (AvgIpc) is 3.36. The SMILES string of the molecule is C#CCC.CC(C)(C)[Si](C)(C)OCCOc1ccc(Cl)cc1Br.CCC#Cc1cc(Cl)ccc1OCCO[Si](C)(C)C(C)(C)C.CCCBr.CCCCc1cc(Cl)ccc1OCCO[Si](C)(C)C(C)(C)C.Oc1ccc(Cl)cc1Br. The summed E-state index contributed by atoms with van der Waals surface area (Å²) in [6, 6.07) is 21.7. The van der Waals surface area contributed by atoms with Gasteiger partial charge in [0.25, 0.3) is 0 Å². The summed E-state index contributed by atoms with van der Waals surface area (Å²) in [5, 5.41) is 13.5. The smallest absolute Gasteiger partial charge is 0.192 e. The number of halogens is 7. The molecule has 0 amide bonds. The summed E-state index contributed by atoms with van der Waals surface area (Å²) in [6.45, 7) is 45.5. The molecule has 0 atom stereocenters. The van der Waals surface area contributed by atoms with Gasteiger partial charge in [0.05, 0.1) is 34.3 Å². The van der Waals surface area contributed by atoms with Crippen molar-refractivity contribution in [2.75, 3.05) is 45.0 Å². The van der Waals surface area contributed by atoms with Crippen LogP contribution in [0.5, 0.6) is 23.0 Å². The highest BCUT2D eigenvalue weighted by Gasteiger charge is 2.38. The van der Waals surface area contributed by atoms with E-state index >= 15 is 0 Å². The summed E-state index contributed by atoms with van der Waals surface area (Å²) in [7, 11) is -5.08. The zero-order chi connectivity index (χ0) is 62.0. The Bertz CT molecular complexity index is 2460. The van der Waals surface area contributed by atoms with Gasteiger partial charge in [0.1, 0.15) is 42.8 Å². The molecular weight excluding hydrogens is 1330 g/mol. The predicted octanol–water partition coefficient (Wildman–Crippen LogP) is 22.7. The van der Waals surface area contributed by atoms with Gasteiger partial charge in [0.15, 0.2) is 25.0 Å². The summed E-state index contributed by atoms with van der Waals surface area (Å²) >= 11 is 33.4. The molecule has 1 N–H and O–H groups in total. The monoisotopic (exact) mass is 1430 g/mol. The third-order valence-corrected chi connectivity index (χ3v) is 29.8. The van der Waals surface area contributed by atoms with Crippen LogP contribution in [0.2, 0.25) is 74.5 Å². The second-order valence-corrected chi connectivity index (χ2v) is 41.6. The predicted molar refractivity (Wildman–Crippen MR) is 368 cm³/mol. The zero-order valence-electron chi connectivity index (χ0n) is 51.7. The number of benzene rings is 4. The molecule has 4 aromatic carbocycles. The highest BCUT2D eigenvalue weighted by Crippen LogP contribution is 2.39. The van der Waals surface area contributed by atoms with Crippen molar-refractivity contribution in [3.8, 4) is 47.2 Å². The number of phenolic OH excluding ortho intramolecular Hbond substituents is 1. The van der Waals surface area contributed by atoms with Gasteiger partial charge in [-0.3, -0.25) is 0 Å². The fraction of sp³-hybridized carbons (Fsp3) is 0.556. The molecule has 0 spiro atoms. The minimum Gasteiger partial charge on any atom is -0.507 e. The molecule has 0 aromatic heterocycles. The van der Waals surface area contributed by atoms with Crippen LogP contribution in [0.1, 0.15) is 133 Å². The number of phenols is 1. The van der Waals surface area contributed by atoms with E-state index in [1.54, 1.807) is 12.1 Å². The highest BCUT2D eigenvalue weighted by atomic mass is 79.9. The molecule has 17 heteroatoms. The molecule has 0 aliphatic carbocycles. The summed E-state index contributed by atoms with van der Waals surface area (Å²) in [4.78, 5) is 0. The lowest BCUT2D eigenvalue weighted by Crippen LogP contribution is -2.41. The minimum absolute atomic E-state index is 0.208. The summed E-state index contributed by atoms with van der Waals surface area (Å²) < 4.78 is 37.3. The molecule has 4 aromatic rings. The van der Waals surface area contributed by atoms with Gasteiger partial charge < -0.3 is 32.6 Å². The molecule has 7 nitrogen and oxygen atoms in total. The number of alkyl halides is 1. The van der Waals surface area contributed by atoms with E-state index in [1.807, 2.05) is 68.4 Å². The average molecular weight is 1430 g/mol. The maximum atomic E-state index is 8.94.